The molecule has 0 aromatic carbocycles. The first-order valence-electron chi connectivity index (χ1n) is 3.00. The quantitative estimate of drug-likeness (QED) is 0.243. The lowest BCUT2D eigenvalue weighted by Crippen LogP contribution is -1.95. The zero-order valence-corrected chi connectivity index (χ0v) is 5.91. The minimum absolute atomic E-state index is 0.168. The summed E-state index contributed by atoms with van der Waals surface area (Å²) >= 11 is 0. The van der Waals surface area contributed by atoms with Crippen LogP contribution in [0.1, 0.15) is 12.8 Å². The average molecular weight is 143 g/mol. The number of nitrogens with zero attached hydrogens (tertiary/aromatic N) is 1. The Hall–Kier alpha value is -0.995. The minimum atomic E-state index is -0.785. The molecule has 0 fully saturated rings. The summed E-state index contributed by atoms with van der Waals surface area (Å²) in [6, 6.07) is 0. The lowest BCUT2D eigenvalue weighted by molar-refractivity contribution is -0.137. The summed E-state index contributed by atoms with van der Waals surface area (Å²) in [6.45, 7) is 0.514. The molecule has 0 amide bonds. The number of carbonyl (C=O) groups is 1. The number of hydrogen-bond acceptors (Lipinski definition) is 3. The van der Waals surface area contributed by atoms with Crippen LogP contribution in [-0.2, 0) is 9.45 Å². The lowest BCUT2D eigenvalue weighted by Gasteiger charge is -1.90. The maximum absolute atomic E-state index is 9.95. The summed E-state index contributed by atoms with van der Waals surface area (Å²) < 4.78 is 4.51. The molecule has 0 saturated heterocycles. The van der Waals surface area contributed by atoms with E-state index in [0.29, 0.717) is 13.0 Å². The fraction of sp³-hybridized carbons (Fsp3) is 0.600. The van der Waals surface area contributed by atoms with Crippen molar-refractivity contribution in [3.63, 3.8) is 0 Å². The summed E-state index contributed by atoms with van der Waals surface area (Å²) in [5.41, 5.74) is 0. The van der Waals surface area contributed by atoms with E-state index in [1.807, 2.05) is 0 Å². The van der Waals surface area contributed by atoms with E-state index in [9.17, 15) is 4.79 Å². The molecule has 0 rings (SSSR count). The Labute approximate surface area is 60.4 Å². The van der Waals surface area contributed by atoms with Gasteiger partial charge >= 0.3 is 14.0 Å². The number of carboxylic acid groups (broad SMARTS) is 1. The fourth-order valence-electron chi connectivity index (χ4n) is 0.449. The fourth-order valence-corrected chi connectivity index (χ4v) is 0.449. The second-order valence-electron chi connectivity index (χ2n) is 1.74. The first-order chi connectivity index (χ1) is 4.77. The second-order valence-corrected chi connectivity index (χ2v) is 1.74. The molecule has 1 N–H and O–H groups in total. The average Bonchev–Trinajstić information content (AvgIpc) is 1.87. The highest BCUT2D eigenvalue weighted by Crippen LogP contribution is 1.87. The van der Waals surface area contributed by atoms with Crippen LogP contribution in [0.4, 0.5) is 0 Å². The molecule has 0 aromatic heterocycles. The van der Waals surface area contributed by atoms with Gasteiger partial charge in [-0.25, -0.2) is 0 Å². The van der Waals surface area contributed by atoms with Crippen LogP contribution in [0.3, 0.4) is 0 Å². The molecule has 0 aromatic rings. The largest absolute Gasteiger partial charge is 0.560 e. The zero-order chi connectivity index (χ0) is 7.82. The van der Waals surface area contributed by atoms with Crippen LogP contribution in [0.2, 0.25) is 0 Å². The molecule has 0 atom stereocenters. The monoisotopic (exact) mass is 143 g/mol. The molecule has 56 valence electrons. The molecule has 4 nitrogen and oxygen atoms in total. The Morgan fingerprint density at radius 2 is 2.50 bits per heavy atom. The highest BCUT2D eigenvalue weighted by atomic mass is 16.4. The molecule has 0 aliphatic carbocycles. The topological polar surface area (TPSA) is 58.9 Å². The van der Waals surface area contributed by atoms with Crippen LogP contribution < -0.4 is 0 Å². The Balaban J connectivity index is 3.05. The first-order valence-corrected chi connectivity index (χ1v) is 3.00. The van der Waals surface area contributed by atoms with Crippen molar-refractivity contribution < 1.29 is 14.6 Å². The van der Waals surface area contributed by atoms with E-state index < -0.39 is 5.97 Å². The van der Waals surface area contributed by atoms with Crippen molar-refractivity contribution in [3.05, 3.63) is 0 Å². The van der Waals surface area contributed by atoms with Crippen molar-refractivity contribution in [2.45, 2.75) is 12.8 Å². The Bertz CT molecular complexity index is 126. The Morgan fingerprint density at radius 3 is 3.00 bits per heavy atom. The predicted octanol–water partition coefficient (Wildman–Crippen LogP) is -0.556. The van der Waals surface area contributed by atoms with E-state index in [1.54, 1.807) is 0 Å². The molecule has 0 spiro atoms. The van der Waals surface area contributed by atoms with E-state index in [4.69, 9.17) is 5.11 Å². The van der Waals surface area contributed by atoms with E-state index in [-0.39, 0.29) is 6.42 Å². The molecule has 0 saturated carbocycles. The van der Waals surface area contributed by atoms with Gasteiger partial charge in [0.15, 0.2) is 6.40 Å². The van der Waals surface area contributed by atoms with Crippen molar-refractivity contribution in [2.75, 3.05) is 6.54 Å². The van der Waals surface area contributed by atoms with Crippen LogP contribution in [-0.4, -0.2) is 32.1 Å². The normalized spacial score (nSPS) is 10.0. The van der Waals surface area contributed by atoms with E-state index in [2.05, 4.69) is 9.65 Å². The highest BCUT2D eigenvalue weighted by Gasteiger charge is 1.93. The van der Waals surface area contributed by atoms with Crippen LogP contribution in [0.15, 0.2) is 4.99 Å². The number of carboxylic acids is 1. The molecule has 10 heavy (non-hydrogen) atoms. The maximum Gasteiger partial charge on any atom is 0.323 e. The van der Waals surface area contributed by atoms with Crippen LogP contribution in [0, 0.1) is 0 Å². The first kappa shape index (κ1) is 9.00. The lowest BCUT2D eigenvalue weighted by atomic mass is 10.3. The van der Waals surface area contributed by atoms with Crippen molar-refractivity contribution in [2.24, 2.45) is 4.99 Å². The molecule has 0 radical (unpaired) electrons. The molecule has 0 bridgehead atoms. The molecule has 0 aliphatic heterocycles. The third kappa shape index (κ3) is 7.00. The SMILES string of the molecule is BOC=NCCCC(=O)O. The Kier molecular flexibility index (Phi) is 5.52. The zero-order valence-electron chi connectivity index (χ0n) is 5.91. The highest BCUT2D eigenvalue weighted by molar-refractivity contribution is 6.02. The molecule has 0 unspecified atom stereocenters. The molecular weight excluding hydrogens is 133 g/mol. The number of hydrogen-bond donors (Lipinski definition) is 1. The molecule has 5 heteroatoms. The molecular formula is C5H10BNO3. The van der Waals surface area contributed by atoms with Crippen LogP contribution in [0.5, 0.6) is 0 Å². The number of rotatable bonds is 5. The van der Waals surface area contributed by atoms with Crippen molar-refractivity contribution >= 4 is 20.4 Å². The van der Waals surface area contributed by atoms with Gasteiger partial charge in [-0.2, -0.15) is 0 Å². The molecule has 0 heterocycles. The van der Waals surface area contributed by atoms with Gasteiger partial charge < -0.3 is 9.76 Å². The van der Waals surface area contributed by atoms with Crippen molar-refractivity contribution in [1.29, 1.82) is 0 Å². The van der Waals surface area contributed by atoms with Gasteiger partial charge in [0, 0.05) is 13.0 Å². The Morgan fingerprint density at radius 1 is 1.80 bits per heavy atom. The van der Waals surface area contributed by atoms with E-state index in [0.717, 1.165) is 0 Å². The van der Waals surface area contributed by atoms with Gasteiger partial charge in [0.1, 0.15) is 0 Å². The van der Waals surface area contributed by atoms with Crippen LogP contribution in [0.25, 0.3) is 0 Å². The van der Waals surface area contributed by atoms with Crippen molar-refractivity contribution in [3.8, 4) is 0 Å². The van der Waals surface area contributed by atoms with Gasteiger partial charge in [0.05, 0.1) is 0 Å². The smallest absolute Gasteiger partial charge is 0.323 e. The molecule has 0 aliphatic rings. The van der Waals surface area contributed by atoms with Crippen molar-refractivity contribution in [1.82, 2.24) is 0 Å². The minimum Gasteiger partial charge on any atom is -0.560 e. The van der Waals surface area contributed by atoms with Crippen LogP contribution >= 0.6 is 0 Å². The van der Waals surface area contributed by atoms with Gasteiger partial charge in [-0.05, 0) is 6.42 Å². The van der Waals surface area contributed by atoms with Gasteiger partial charge in [-0.15, -0.1) is 0 Å². The van der Waals surface area contributed by atoms with Gasteiger partial charge in [-0.1, -0.05) is 0 Å². The summed E-state index contributed by atoms with van der Waals surface area (Å²) in [4.78, 5) is 13.7. The van der Waals surface area contributed by atoms with E-state index >= 15 is 0 Å². The maximum atomic E-state index is 9.95. The summed E-state index contributed by atoms with van der Waals surface area (Å²) in [5, 5.41) is 8.19. The van der Waals surface area contributed by atoms with Gasteiger partial charge in [0.2, 0.25) is 0 Å². The van der Waals surface area contributed by atoms with Gasteiger partial charge in [0.25, 0.3) is 0 Å². The predicted molar refractivity (Wildman–Crippen MR) is 39.9 cm³/mol. The van der Waals surface area contributed by atoms with E-state index in [1.165, 1.54) is 14.4 Å². The summed E-state index contributed by atoms with van der Waals surface area (Å²) in [6.07, 6.45) is 2.04. The second kappa shape index (κ2) is 6.13. The third-order valence-electron chi connectivity index (χ3n) is 0.858. The third-order valence-corrected chi connectivity index (χ3v) is 0.858. The summed E-state index contributed by atoms with van der Waals surface area (Å²) in [7, 11) is 1.50. The standard InChI is InChI=1S/C5H10BNO3/c6-10-4-7-3-1-2-5(8)9/h4H,1-3,6H2,(H,8,9). The summed E-state index contributed by atoms with van der Waals surface area (Å²) in [5.74, 6) is -0.785. The van der Waals surface area contributed by atoms with Gasteiger partial charge in [-0.3, -0.25) is 9.79 Å². The number of aliphatic carboxylic acids is 1. The number of aliphatic imine (C=N–C) groups is 1.